The molecule has 0 amide bonds. The zero-order valence-corrected chi connectivity index (χ0v) is 13.7. The van der Waals surface area contributed by atoms with Gasteiger partial charge in [-0.05, 0) is 37.5 Å². The summed E-state index contributed by atoms with van der Waals surface area (Å²) in [6.07, 6.45) is 1.08. The van der Waals surface area contributed by atoms with Crippen molar-refractivity contribution in [2.24, 2.45) is 0 Å². The average molecular weight is 334 g/mol. The summed E-state index contributed by atoms with van der Waals surface area (Å²) in [7, 11) is 0. The minimum absolute atomic E-state index is 0.202. The summed E-state index contributed by atoms with van der Waals surface area (Å²) < 4.78 is 27.7. The molecule has 0 unspecified atom stereocenters. The van der Waals surface area contributed by atoms with Crippen molar-refractivity contribution in [3.05, 3.63) is 46.8 Å². The van der Waals surface area contributed by atoms with Gasteiger partial charge in [-0.3, -0.25) is 0 Å². The number of aliphatic hydroxyl groups excluding tert-OH is 1. The first-order valence-corrected chi connectivity index (χ1v) is 8.15. The fourth-order valence-corrected chi connectivity index (χ4v) is 3.15. The maximum Gasteiger partial charge on any atom is 0.246 e. The van der Waals surface area contributed by atoms with Crippen LogP contribution in [0, 0.1) is 11.6 Å². The Labute approximate surface area is 139 Å². The molecular weight excluding hydrogens is 314 g/mol. The molecule has 1 fully saturated rings. The summed E-state index contributed by atoms with van der Waals surface area (Å²) in [4.78, 5) is 6.23. The summed E-state index contributed by atoms with van der Waals surface area (Å²) in [5.41, 5.74) is 1.87. The highest BCUT2D eigenvalue weighted by Gasteiger charge is 2.36. The van der Waals surface area contributed by atoms with Crippen LogP contribution in [0.3, 0.4) is 0 Å². The van der Waals surface area contributed by atoms with Crippen molar-refractivity contribution >= 4 is 5.95 Å². The molecule has 1 aromatic heterocycles. The zero-order valence-electron chi connectivity index (χ0n) is 13.7. The van der Waals surface area contributed by atoms with Crippen LogP contribution in [0.4, 0.5) is 14.7 Å². The molecule has 3 rings (SSSR count). The lowest BCUT2D eigenvalue weighted by atomic mass is 10.0. The first kappa shape index (κ1) is 16.7. The SMILES string of the molecule is CCc1nnc(N2C[C@@H](O)C[C@@H]2c2cc(F)ccc2F)nc1CC. The van der Waals surface area contributed by atoms with E-state index in [0.29, 0.717) is 18.8 Å². The van der Waals surface area contributed by atoms with E-state index in [2.05, 4.69) is 15.2 Å². The number of halogens is 2. The van der Waals surface area contributed by atoms with E-state index in [1.54, 1.807) is 4.90 Å². The van der Waals surface area contributed by atoms with Gasteiger partial charge in [-0.2, -0.15) is 5.10 Å². The van der Waals surface area contributed by atoms with Crippen molar-refractivity contribution in [1.82, 2.24) is 15.2 Å². The second kappa shape index (κ2) is 6.76. The third-order valence-electron chi connectivity index (χ3n) is 4.35. The average Bonchev–Trinajstić information content (AvgIpc) is 2.98. The maximum atomic E-state index is 14.2. The van der Waals surface area contributed by atoms with Crippen LogP contribution in [0.5, 0.6) is 0 Å². The first-order chi connectivity index (χ1) is 11.5. The van der Waals surface area contributed by atoms with Gasteiger partial charge in [-0.1, -0.05) is 13.8 Å². The molecule has 0 bridgehead atoms. The molecule has 5 nitrogen and oxygen atoms in total. The summed E-state index contributed by atoms with van der Waals surface area (Å²) in [6, 6.07) is 2.83. The summed E-state index contributed by atoms with van der Waals surface area (Å²) in [6.45, 7) is 4.22. The van der Waals surface area contributed by atoms with Crippen LogP contribution in [0.2, 0.25) is 0 Å². The van der Waals surface area contributed by atoms with Gasteiger partial charge in [0.25, 0.3) is 0 Å². The fourth-order valence-electron chi connectivity index (χ4n) is 3.15. The van der Waals surface area contributed by atoms with E-state index in [-0.39, 0.29) is 12.1 Å². The normalized spacial score (nSPS) is 20.6. The first-order valence-electron chi connectivity index (χ1n) is 8.15. The van der Waals surface area contributed by atoms with Crippen molar-refractivity contribution in [1.29, 1.82) is 0 Å². The number of aromatic nitrogens is 3. The lowest BCUT2D eigenvalue weighted by molar-refractivity contribution is 0.194. The van der Waals surface area contributed by atoms with Crippen molar-refractivity contribution in [3.63, 3.8) is 0 Å². The summed E-state index contributed by atoms with van der Waals surface area (Å²) in [5.74, 6) is -0.675. The molecule has 1 N–H and O–H groups in total. The Morgan fingerprint density at radius 2 is 1.92 bits per heavy atom. The standard InChI is InChI=1S/C17H20F2N4O/c1-3-14-15(4-2)21-22-17(20-14)23-9-11(24)8-16(23)12-7-10(18)5-6-13(12)19/h5-7,11,16,24H,3-4,8-9H2,1-2H3/t11-,16+/m0/s1. The Morgan fingerprint density at radius 1 is 1.17 bits per heavy atom. The molecule has 0 saturated carbocycles. The highest BCUT2D eigenvalue weighted by atomic mass is 19.1. The molecule has 7 heteroatoms. The van der Waals surface area contributed by atoms with Crippen LogP contribution < -0.4 is 4.90 Å². The van der Waals surface area contributed by atoms with Crippen LogP contribution in [0.25, 0.3) is 0 Å². The molecule has 1 aromatic carbocycles. The molecule has 1 saturated heterocycles. The number of hydrogen-bond acceptors (Lipinski definition) is 5. The minimum atomic E-state index is -0.655. The van der Waals surface area contributed by atoms with Gasteiger partial charge in [0.2, 0.25) is 5.95 Å². The van der Waals surface area contributed by atoms with Gasteiger partial charge in [0.15, 0.2) is 0 Å². The number of β-amino-alcohol motifs (C(OH)–C–C–N with tert-alkyl or cyclic N) is 1. The van der Waals surface area contributed by atoms with Crippen LogP contribution in [-0.4, -0.2) is 32.9 Å². The molecule has 128 valence electrons. The molecule has 24 heavy (non-hydrogen) atoms. The fraction of sp³-hybridized carbons (Fsp3) is 0.471. The highest BCUT2D eigenvalue weighted by Crippen LogP contribution is 2.36. The number of aryl methyl sites for hydroxylation is 2. The molecule has 0 aliphatic carbocycles. The number of nitrogens with zero attached hydrogens (tertiary/aromatic N) is 4. The number of aliphatic hydroxyl groups is 1. The monoisotopic (exact) mass is 334 g/mol. The molecule has 2 atom stereocenters. The summed E-state index contributed by atoms with van der Waals surface area (Å²) in [5, 5.41) is 18.4. The third kappa shape index (κ3) is 3.08. The Balaban J connectivity index is 2.01. The van der Waals surface area contributed by atoms with Gasteiger partial charge in [-0.15, -0.1) is 5.10 Å². The quantitative estimate of drug-likeness (QED) is 0.931. The van der Waals surface area contributed by atoms with Crippen molar-refractivity contribution in [2.45, 2.75) is 45.3 Å². The molecule has 1 aliphatic rings. The molecule has 2 aromatic rings. The predicted molar refractivity (Wildman–Crippen MR) is 85.7 cm³/mol. The van der Waals surface area contributed by atoms with E-state index in [1.165, 1.54) is 6.07 Å². The number of benzene rings is 1. The van der Waals surface area contributed by atoms with Gasteiger partial charge in [0.1, 0.15) is 11.6 Å². The van der Waals surface area contributed by atoms with Crippen LogP contribution in [0.15, 0.2) is 18.2 Å². The number of anilines is 1. The molecule has 0 spiro atoms. The highest BCUT2D eigenvalue weighted by molar-refractivity contribution is 5.40. The smallest absolute Gasteiger partial charge is 0.246 e. The maximum absolute atomic E-state index is 14.2. The summed E-state index contributed by atoms with van der Waals surface area (Å²) >= 11 is 0. The van der Waals surface area contributed by atoms with Gasteiger partial charge < -0.3 is 10.0 Å². The van der Waals surface area contributed by atoms with Crippen molar-refractivity contribution < 1.29 is 13.9 Å². The van der Waals surface area contributed by atoms with Crippen LogP contribution >= 0.6 is 0 Å². The van der Waals surface area contributed by atoms with E-state index in [1.807, 2.05) is 13.8 Å². The second-order valence-corrected chi connectivity index (χ2v) is 5.94. The molecule has 2 heterocycles. The Kier molecular flexibility index (Phi) is 4.71. The third-order valence-corrected chi connectivity index (χ3v) is 4.35. The molecular formula is C17H20F2N4O. The van der Waals surface area contributed by atoms with E-state index in [4.69, 9.17) is 0 Å². The van der Waals surface area contributed by atoms with Crippen molar-refractivity contribution in [2.75, 3.05) is 11.4 Å². The Morgan fingerprint density at radius 3 is 2.62 bits per heavy atom. The topological polar surface area (TPSA) is 62.1 Å². The van der Waals surface area contributed by atoms with E-state index < -0.39 is 23.8 Å². The van der Waals surface area contributed by atoms with E-state index >= 15 is 0 Å². The van der Waals surface area contributed by atoms with E-state index in [9.17, 15) is 13.9 Å². The number of hydrogen-bond donors (Lipinski definition) is 1. The van der Waals surface area contributed by atoms with E-state index in [0.717, 1.165) is 29.9 Å². The largest absolute Gasteiger partial charge is 0.391 e. The Hall–Kier alpha value is -2.15. The second-order valence-electron chi connectivity index (χ2n) is 5.94. The van der Waals surface area contributed by atoms with Gasteiger partial charge in [0, 0.05) is 12.1 Å². The predicted octanol–water partition coefficient (Wildman–Crippen LogP) is 2.59. The van der Waals surface area contributed by atoms with Gasteiger partial charge in [-0.25, -0.2) is 13.8 Å². The van der Waals surface area contributed by atoms with Gasteiger partial charge in [0.05, 0.1) is 23.5 Å². The molecule has 1 aliphatic heterocycles. The molecule has 0 radical (unpaired) electrons. The minimum Gasteiger partial charge on any atom is -0.391 e. The zero-order chi connectivity index (χ0) is 17.3. The lowest BCUT2D eigenvalue weighted by Gasteiger charge is -2.25. The van der Waals surface area contributed by atoms with Crippen LogP contribution in [0.1, 0.15) is 43.3 Å². The lowest BCUT2D eigenvalue weighted by Crippen LogP contribution is -2.28. The van der Waals surface area contributed by atoms with Gasteiger partial charge >= 0.3 is 0 Å². The van der Waals surface area contributed by atoms with Crippen LogP contribution in [-0.2, 0) is 12.8 Å². The van der Waals surface area contributed by atoms with Crippen molar-refractivity contribution in [3.8, 4) is 0 Å². The Bertz CT molecular complexity index is 741. The number of rotatable bonds is 4.